The van der Waals surface area contributed by atoms with Gasteiger partial charge in [0.15, 0.2) is 0 Å². The van der Waals surface area contributed by atoms with E-state index in [9.17, 15) is 4.39 Å². The van der Waals surface area contributed by atoms with Crippen LogP contribution >= 0.6 is 23.4 Å². The third-order valence-corrected chi connectivity index (χ3v) is 3.48. The smallest absolute Gasteiger partial charge is 0.128 e. The summed E-state index contributed by atoms with van der Waals surface area (Å²) in [5.74, 6) is 1.42. The first kappa shape index (κ1) is 12.8. The van der Waals surface area contributed by atoms with Crippen molar-refractivity contribution in [3.63, 3.8) is 0 Å². The van der Waals surface area contributed by atoms with E-state index in [2.05, 4.69) is 0 Å². The van der Waals surface area contributed by atoms with Gasteiger partial charge in [-0.15, -0.1) is 0 Å². The molecule has 0 aromatic heterocycles. The lowest BCUT2D eigenvalue weighted by atomic mass is 10.2. The summed E-state index contributed by atoms with van der Waals surface area (Å²) in [6, 6.07) is 4.79. The molecular formula is C11H15ClFNS. The zero-order chi connectivity index (χ0) is 11.1. The molecule has 2 N–H and O–H groups in total. The van der Waals surface area contributed by atoms with Gasteiger partial charge in [0.2, 0.25) is 0 Å². The maximum absolute atomic E-state index is 13.3. The summed E-state index contributed by atoms with van der Waals surface area (Å²) in [4.78, 5) is 0. The summed E-state index contributed by atoms with van der Waals surface area (Å²) in [6.07, 6.45) is 2.10. The first-order chi connectivity index (χ1) is 7.25. The minimum absolute atomic E-state index is 0.214. The Labute approximate surface area is 99.2 Å². The van der Waals surface area contributed by atoms with Crippen molar-refractivity contribution < 1.29 is 4.39 Å². The number of hydrogen-bond acceptors (Lipinski definition) is 2. The van der Waals surface area contributed by atoms with Crippen molar-refractivity contribution in [3.8, 4) is 0 Å². The quantitative estimate of drug-likeness (QED) is 0.780. The number of benzene rings is 1. The van der Waals surface area contributed by atoms with E-state index in [1.807, 2.05) is 0 Å². The van der Waals surface area contributed by atoms with E-state index in [1.165, 1.54) is 6.07 Å². The molecule has 0 fully saturated rings. The highest BCUT2D eigenvalue weighted by Crippen LogP contribution is 2.24. The van der Waals surface area contributed by atoms with Crippen LogP contribution in [0, 0.1) is 5.82 Å². The van der Waals surface area contributed by atoms with Gasteiger partial charge in [-0.2, -0.15) is 11.8 Å². The lowest BCUT2D eigenvalue weighted by molar-refractivity contribution is 0.617. The van der Waals surface area contributed by atoms with Gasteiger partial charge in [-0.05, 0) is 37.3 Å². The number of unbranched alkanes of at least 4 members (excludes halogenated alkanes) is 1. The van der Waals surface area contributed by atoms with Gasteiger partial charge in [0.1, 0.15) is 5.82 Å². The molecule has 1 nitrogen and oxygen atoms in total. The topological polar surface area (TPSA) is 26.0 Å². The summed E-state index contributed by atoms with van der Waals surface area (Å²) in [7, 11) is 0. The van der Waals surface area contributed by atoms with Crippen molar-refractivity contribution in [2.75, 3.05) is 12.3 Å². The van der Waals surface area contributed by atoms with Crippen LogP contribution in [0.5, 0.6) is 0 Å². The van der Waals surface area contributed by atoms with Gasteiger partial charge >= 0.3 is 0 Å². The molecule has 0 heterocycles. The van der Waals surface area contributed by atoms with Crippen LogP contribution in [-0.4, -0.2) is 12.3 Å². The maximum atomic E-state index is 13.3. The van der Waals surface area contributed by atoms with Crippen LogP contribution in [0.25, 0.3) is 0 Å². The van der Waals surface area contributed by atoms with Gasteiger partial charge in [-0.25, -0.2) is 4.39 Å². The Kier molecular flexibility index (Phi) is 6.06. The Morgan fingerprint density at radius 1 is 1.33 bits per heavy atom. The SMILES string of the molecule is NCCCCSCc1c(F)cccc1Cl. The number of thioether (sulfide) groups is 1. The molecule has 0 aliphatic rings. The fourth-order valence-electron chi connectivity index (χ4n) is 1.19. The summed E-state index contributed by atoms with van der Waals surface area (Å²) in [6.45, 7) is 0.723. The number of nitrogens with two attached hydrogens (primary N) is 1. The maximum Gasteiger partial charge on any atom is 0.128 e. The van der Waals surface area contributed by atoms with Gasteiger partial charge in [-0.3, -0.25) is 0 Å². The highest BCUT2D eigenvalue weighted by Gasteiger charge is 2.05. The normalized spacial score (nSPS) is 10.6. The standard InChI is InChI=1S/C11H15ClFNS/c12-10-4-3-5-11(13)9(10)8-15-7-2-1-6-14/h3-5H,1-2,6-8,14H2. The molecule has 15 heavy (non-hydrogen) atoms. The van der Waals surface area contributed by atoms with Crippen LogP contribution in [0.1, 0.15) is 18.4 Å². The van der Waals surface area contributed by atoms with Crippen LogP contribution in [0.3, 0.4) is 0 Å². The predicted molar refractivity (Wildman–Crippen MR) is 65.9 cm³/mol. The molecule has 1 rings (SSSR count). The predicted octanol–water partition coefficient (Wildman–Crippen LogP) is 3.45. The van der Waals surface area contributed by atoms with Gasteiger partial charge in [0.05, 0.1) is 0 Å². The molecule has 0 atom stereocenters. The minimum atomic E-state index is -0.214. The number of hydrogen-bond donors (Lipinski definition) is 1. The molecule has 0 radical (unpaired) electrons. The lowest BCUT2D eigenvalue weighted by Crippen LogP contribution is -1.98. The summed E-state index contributed by atoms with van der Waals surface area (Å²) in [5.41, 5.74) is 5.99. The molecular weight excluding hydrogens is 233 g/mol. The van der Waals surface area contributed by atoms with E-state index in [-0.39, 0.29) is 5.82 Å². The average molecular weight is 248 g/mol. The van der Waals surface area contributed by atoms with Gasteiger partial charge in [0.25, 0.3) is 0 Å². The molecule has 0 saturated carbocycles. The number of halogens is 2. The van der Waals surface area contributed by atoms with Crippen molar-refractivity contribution in [1.29, 1.82) is 0 Å². The van der Waals surface area contributed by atoms with E-state index in [0.717, 1.165) is 25.1 Å². The second kappa shape index (κ2) is 7.09. The first-order valence-electron chi connectivity index (χ1n) is 4.96. The molecule has 0 aliphatic heterocycles. The van der Waals surface area contributed by atoms with Crippen molar-refractivity contribution in [1.82, 2.24) is 0 Å². The van der Waals surface area contributed by atoms with E-state index in [1.54, 1.807) is 23.9 Å². The highest BCUT2D eigenvalue weighted by molar-refractivity contribution is 7.98. The van der Waals surface area contributed by atoms with Crippen molar-refractivity contribution in [2.24, 2.45) is 5.73 Å². The highest BCUT2D eigenvalue weighted by atomic mass is 35.5. The molecule has 0 spiro atoms. The number of rotatable bonds is 6. The monoisotopic (exact) mass is 247 g/mol. The van der Waals surface area contributed by atoms with E-state index >= 15 is 0 Å². The second-order valence-corrected chi connectivity index (χ2v) is 4.76. The second-order valence-electron chi connectivity index (χ2n) is 3.25. The molecule has 84 valence electrons. The van der Waals surface area contributed by atoms with Crippen LogP contribution < -0.4 is 5.73 Å². The zero-order valence-electron chi connectivity index (χ0n) is 8.51. The van der Waals surface area contributed by atoms with E-state index < -0.39 is 0 Å². The Hall–Kier alpha value is -0.250. The molecule has 1 aromatic carbocycles. The first-order valence-corrected chi connectivity index (χ1v) is 6.49. The van der Waals surface area contributed by atoms with Gasteiger partial charge < -0.3 is 5.73 Å². The Bertz CT molecular complexity index is 286. The van der Waals surface area contributed by atoms with Crippen molar-refractivity contribution >= 4 is 23.4 Å². The van der Waals surface area contributed by atoms with Crippen LogP contribution in [0.2, 0.25) is 5.02 Å². The van der Waals surface area contributed by atoms with E-state index in [0.29, 0.717) is 16.3 Å². The Morgan fingerprint density at radius 3 is 2.80 bits per heavy atom. The largest absolute Gasteiger partial charge is 0.330 e. The van der Waals surface area contributed by atoms with Crippen LogP contribution in [-0.2, 0) is 5.75 Å². The molecule has 0 bridgehead atoms. The molecule has 1 aromatic rings. The summed E-state index contributed by atoms with van der Waals surface area (Å²) in [5, 5.41) is 0.515. The average Bonchev–Trinajstić information content (AvgIpc) is 2.21. The minimum Gasteiger partial charge on any atom is -0.330 e. The van der Waals surface area contributed by atoms with Crippen LogP contribution in [0.4, 0.5) is 4.39 Å². The third-order valence-electron chi connectivity index (χ3n) is 2.05. The zero-order valence-corrected chi connectivity index (χ0v) is 10.1. The lowest BCUT2D eigenvalue weighted by Gasteiger charge is -2.05. The molecule has 0 saturated heterocycles. The van der Waals surface area contributed by atoms with Crippen LogP contribution in [0.15, 0.2) is 18.2 Å². The third kappa shape index (κ3) is 4.41. The summed E-state index contributed by atoms with van der Waals surface area (Å²) < 4.78 is 13.3. The fourth-order valence-corrected chi connectivity index (χ4v) is 2.55. The Morgan fingerprint density at radius 2 is 2.13 bits per heavy atom. The molecule has 0 aliphatic carbocycles. The fraction of sp³-hybridized carbons (Fsp3) is 0.455. The van der Waals surface area contributed by atoms with E-state index in [4.69, 9.17) is 17.3 Å². The summed E-state index contributed by atoms with van der Waals surface area (Å²) >= 11 is 7.59. The molecule has 0 amide bonds. The molecule has 0 unspecified atom stereocenters. The Balaban J connectivity index is 2.37. The van der Waals surface area contributed by atoms with Crippen molar-refractivity contribution in [2.45, 2.75) is 18.6 Å². The van der Waals surface area contributed by atoms with Gasteiger partial charge in [-0.1, -0.05) is 17.7 Å². The molecule has 4 heteroatoms. The van der Waals surface area contributed by atoms with Gasteiger partial charge in [0, 0.05) is 16.3 Å². The van der Waals surface area contributed by atoms with Crippen molar-refractivity contribution in [3.05, 3.63) is 34.6 Å².